The van der Waals surface area contributed by atoms with Gasteiger partial charge >= 0.3 is 17.2 Å². The first-order valence-corrected chi connectivity index (χ1v) is 12.3. The number of hydrogen-bond donors (Lipinski definition) is 0. The van der Waals surface area contributed by atoms with Crippen LogP contribution in [-0.2, 0) is 27.1 Å². The van der Waals surface area contributed by atoms with Crippen molar-refractivity contribution in [1.29, 1.82) is 0 Å². The summed E-state index contributed by atoms with van der Waals surface area (Å²) in [5.74, 6) is 0. The van der Waals surface area contributed by atoms with Gasteiger partial charge in [-0.1, -0.05) is 40.0 Å². The number of rotatable bonds is 18. The molecule has 0 aliphatic carbocycles. The van der Waals surface area contributed by atoms with Crippen LogP contribution in [-0.4, -0.2) is 39.6 Å². The van der Waals surface area contributed by atoms with Gasteiger partial charge in [0.1, 0.15) is 0 Å². The third kappa shape index (κ3) is 22.7. The van der Waals surface area contributed by atoms with E-state index in [2.05, 4.69) is 20.8 Å². The van der Waals surface area contributed by atoms with Crippen molar-refractivity contribution in [3.63, 3.8) is 0 Å². The average molecular weight is 416 g/mol. The maximum absolute atomic E-state index is 5.60. The third-order valence-corrected chi connectivity index (χ3v) is 5.37. The lowest BCUT2D eigenvalue weighted by Gasteiger charge is -2.16. The van der Waals surface area contributed by atoms with Crippen LogP contribution in [0.4, 0.5) is 0 Å². The van der Waals surface area contributed by atoms with Crippen LogP contribution in [0, 0.1) is 0 Å². The van der Waals surface area contributed by atoms with E-state index in [4.69, 9.17) is 27.1 Å². The molecular formula is C18H42O6P2. The monoisotopic (exact) mass is 416 g/mol. The van der Waals surface area contributed by atoms with Crippen molar-refractivity contribution < 1.29 is 27.1 Å². The van der Waals surface area contributed by atoms with Gasteiger partial charge in [-0.25, -0.2) is 0 Å². The molecule has 0 fully saturated rings. The second-order valence-electron chi connectivity index (χ2n) is 5.26. The van der Waals surface area contributed by atoms with Gasteiger partial charge in [0.15, 0.2) is 0 Å². The van der Waals surface area contributed by atoms with Crippen molar-refractivity contribution in [3.05, 3.63) is 0 Å². The van der Waals surface area contributed by atoms with Crippen molar-refractivity contribution in [3.8, 4) is 0 Å². The van der Waals surface area contributed by atoms with Crippen molar-refractivity contribution in [2.45, 2.75) is 80.1 Å². The Kier molecular flexibility index (Phi) is 28.4. The molecule has 0 bridgehead atoms. The molecule has 0 rings (SSSR count). The molecule has 0 saturated carbocycles. The fourth-order valence-corrected chi connectivity index (χ4v) is 3.30. The lowest BCUT2D eigenvalue weighted by molar-refractivity contribution is 0.155. The standard InChI is InChI=1S/C12H27O3P.C6H15O3P/c1-4-7-10-13-16(14-11-8-5-2)15-12-9-6-3;1-4-7-10(8-5-2)9-6-3/h4-12H2,1-3H3;4-6H2,1-3H3. The van der Waals surface area contributed by atoms with Crippen LogP contribution in [0.3, 0.4) is 0 Å². The third-order valence-electron chi connectivity index (χ3n) is 2.79. The van der Waals surface area contributed by atoms with Gasteiger partial charge in [-0.3, -0.25) is 0 Å². The van der Waals surface area contributed by atoms with Gasteiger partial charge in [-0.15, -0.1) is 0 Å². The van der Waals surface area contributed by atoms with E-state index >= 15 is 0 Å². The van der Waals surface area contributed by atoms with Crippen LogP contribution in [0.2, 0.25) is 0 Å². The summed E-state index contributed by atoms with van der Waals surface area (Å²) in [6.45, 7) is 16.4. The van der Waals surface area contributed by atoms with Gasteiger partial charge in [-0.05, 0) is 40.0 Å². The number of unbranched alkanes of at least 4 members (excludes halogenated alkanes) is 3. The Labute approximate surface area is 164 Å². The molecule has 160 valence electrons. The lowest BCUT2D eigenvalue weighted by atomic mass is 10.4. The highest BCUT2D eigenvalue weighted by molar-refractivity contribution is 7.41. The molecule has 0 radical (unpaired) electrons. The first-order valence-electron chi connectivity index (χ1n) is 10.1. The Bertz CT molecular complexity index is 212. The molecule has 26 heavy (non-hydrogen) atoms. The Balaban J connectivity index is 0. The maximum Gasteiger partial charge on any atom is 0.332 e. The normalized spacial score (nSPS) is 11.1. The topological polar surface area (TPSA) is 55.4 Å². The quantitative estimate of drug-likeness (QED) is 0.177. The summed E-state index contributed by atoms with van der Waals surface area (Å²) in [6, 6.07) is 0. The summed E-state index contributed by atoms with van der Waals surface area (Å²) < 4.78 is 32.2. The fraction of sp³-hybridized carbons (Fsp3) is 1.00. The molecule has 0 heterocycles. The Morgan fingerprint density at radius 3 is 0.923 bits per heavy atom. The smallest absolute Gasteiger partial charge is 0.313 e. The summed E-state index contributed by atoms with van der Waals surface area (Å²) in [7, 11) is -2.16. The summed E-state index contributed by atoms with van der Waals surface area (Å²) in [5.41, 5.74) is 0. The predicted octanol–water partition coefficient (Wildman–Crippen LogP) is 6.99. The van der Waals surface area contributed by atoms with Gasteiger partial charge < -0.3 is 27.1 Å². The van der Waals surface area contributed by atoms with E-state index in [9.17, 15) is 0 Å². The summed E-state index contributed by atoms with van der Waals surface area (Å²) in [6.07, 6.45) is 6.67. The molecule has 8 heteroatoms. The van der Waals surface area contributed by atoms with Crippen LogP contribution in [0.1, 0.15) is 80.1 Å². The maximum atomic E-state index is 5.60. The van der Waals surface area contributed by atoms with E-state index < -0.39 is 17.2 Å². The molecule has 0 spiro atoms. The van der Waals surface area contributed by atoms with Crippen LogP contribution in [0.5, 0.6) is 0 Å². The second kappa shape index (κ2) is 25.6. The molecule has 6 nitrogen and oxygen atoms in total. The Morgan fingerprint density at radius 2 is 0.692 bits per heavy atom. The first-order chi connectivity index (χ1) is 12.7. The largest absolute Gasteiger partial charge is 0.332 e. The predicted molar refractivity (Wildman–Crippen MR) is 111 cm³/mol. The Morgan fingerprint density at radius 1 is 0.423 bits per heavy atom. The molecule has 0 aliphatic heterocycles. The van der Waals surface area contributed by atoms with Crippen molar-refractivity contribution in [2.75, 3.05) is 39.6 Å². The molecule has 0 aromatic rings. The van der Waals surface area contributed by atoms with Crippen LogP contribution in [0.25, 0.3) is 0 Å². The highest BCUT2D eigenvalue weighted by Crippen LogP contribution is 2.40. The van der Waals surface area contributed by atoms with Gasteiger partial charge in [0.2, 0.25) is 0 Å². The van der Waals surface area contributed by atoms with Crippen LogP contribution >= 0.6 is 17.2 Å². The highest BCUT2D eigenvalue weighted by atomic mass is 31.2. The van der Waals surface area contributed by atoms with Gasteiger partial charge in [0.25, 0.3) is 0 Å². The van der Waals surface area contributed by atoms with E-state index in [1.54, 1.807) is 0 Å². The van der Waals surface area contributed by atoms with E-state index in [-0.39, 0.29) is 0 Å². The van der Waals surface area contributed by atoms with E-state index in [0.717, 1.165) is 58.3 Å². The molecule has 0 aliphatic rings. The van der Waals surface area contributed by atoms with E-state index in [0.29, 0.717) is 19.8 Å². The van der Waals surface area contributed by atoms with Gasteiger partial charge in [0.05, 0.1) is 39.6 Å². The minimum atomic E-state index is -1.10. The molecular weight excluding hydrogens is 374 g/mol. The average Bonchev–Trinajstić information content (AvgIpc) is 2.63. The van der Waals surface area contributed by atoms with E-state index in [1.165, 1.54) is 0 Å². The van der Waals surface area contributed by atoms with Crippen LogP contribution < -0.4 is 0 Å². The molecule has 0 unspecified atom stereocenters. The van der Waals surface area contributed by atoms with Gasteiger partial charge in [0, 0.05) is 0 Å². The molecule has 0 N–H and O–H groups in total. The summed E-state index contributed by atoms with van der Waals surface area (Å²) >= 11 is 0. The molecule has 0 saturated heterocycles. The second-order valence-corrected chi connectivity index (χ2v) is 7.70. The first kappa shape index (κ1) is 28.8. The van der Waals surface area contributed by atoms with Crippen molar-refractivity contribution >= 4 is 17.2 Å². The molecule has 0 atom stereocenters. The van der Waals surface area contributed by atoms with E-state index in [1.807, 2.05) is 20.8 Å². The zero-order valence-electron chi connectivity index (χ0n) is 17.8. The Hall–Kier alpha value is 0.620. The van der Waals surface area contributed by atoms with Crippen molar-refractivity contribution in [2.24, 2.45) is 0 Å². The van der Waals surface area contributed by atoms with Gasteiger partial charge in [-0.2, -0.15) is 0 Å². The minimum Gasteiger partial charge on any atom is -0.313 e. The molecule has 0 aromatic heterocycles. The molecule has 0 amide bonds. The summed E-state index contributed by atoms with van der Waals surface area (Å²) in [5, 5.41) is 0. The summed E-state index contributed by atoms with van der Waals surface area (Å²) in [4.78, 5) is 0. The lowest BCUT2D eigenvalue weighted by Crippen LogP contribution is -1.99. The van der Waals surface area contributed by atoms with Crippen molar-refractivity contribution in [1.82, 2.24) is 0 Å². The minimum absolute atomic E-state index is 0.645. The SMILES string of the molecule is CCCCOP(OCCCC)OCCCC.CCOP(OCC)OCC. The molecule has 0 aromatic carbocycles. The highest BCUT2D eigenvalue weighted by Gasteiger charge is 2.11. The zero-order valence-corrected chi connectivity index (χ0v) is 19.6. The van der Waals surface area contributed by atoms with Crippen LogP contribution in [0.15, 0.2) is 0 Å². The zero-order chi connectivity index (χ0) is 19.9. The fourth-order valence-electron chi connectivity index (χ4n) is 1.39. The number of hydrogen-bond acceptors (Lipinski definition) is 6.